The van der Waals surface area contributed by atoms with Crippen molar-refractivity contribution in [3.05, 3.63) is 36.0 Å². The van der Waals surface area contributed by atoms with Crippen LogP contribution >= 0.6 is 0 Å². The molecule has 1 aliphatic rings. The minimum atomic E-state index is -0.381. The van der Waals surface area contributed by atoms with Crippen molar-refractivity contribution in [1.82, 2.24) is 15.1 Å². The van der Waals surface area contributed by atoms with E-state index in [1.165, 1.54) is 24.2 Å². The lowest BCUT2D eigenvalue weighted by Gasteiger charge is -2.22. The number of nitrogens with two attached hydrogens (primary N) is 1. The van der Waals surface area contributed by atoms with Gasteiger partial charge >= 0.3 is 5.97 Å². The average Bonchev–Trinajstić information content (AvgIpc) is 2.98. The number of carbonyl (C=O) groups excluding carboxylic acids is 2. The fourth-order valence-electron chi connectivity index (χ4n) is 3.07. The Morgan fingerprint density at radius 2 is 1.88 bits per heavy atom. The van der Waals surface area contributed by atoms with Gasteiger partial charge in [0.25, 0.3) is 5.91 Å². The van der Waals surface area contributed by atoms with Crippen LogP contribution in [0.5, 0.6) is 5.75 Å². The van der Waals surface area contributed by atoms with E-state index in [0.29, 0.717) is 17.0 Å². The summed E-state index contributed by atoms with van der Waals surface area (Å²) in [7, 11) is 0. The molecule has 1 aromatic carbocycles. The maximum atomic E-state index is 12.5. The third kappa shape index (κ3) is 3.99. The van der Waals surface area contributed by atoms with E-state index in [4.69, 9.17) is 10.5 Å². The van der Waals surface area contributed by atoms with Crippen molar-refractivity contribution in [2.45, 2.75) is 45.1 Å². The molecule has 7 nitrogen and oxygen atoms in total. The maximum Gasteiger partial charge on any atom is 0.308 e. The predicted molar refractivity (Wildman–Crippen MR) is 93.6 cm³/mol. The molecule has 3 N–H and O–H groups in total. The van der Waals surface area contributed by atoms with E-state index in [1.54, 1.807) is 24.3 Å². The standard InChI is InChI=1S/C18H22N4O3/c1-12(23)25-15-9-7-14(8-10-15)22-17(19)16(11-20-22)18(24)21-13-5-3-2-4-6-13/h7-11,13H,2-6,19H2,1H3,(H,21,24). The molecule has 0 unspecified atom stereocenters. The molecule has 7 heteroatoms. The van der Waals surface area contributed by atoms with Crippen LogP contribution in [-0.4, -0.2) is 27.7 Å². The number of carbonyl (C=O) groups is 2. The lowest BCUT2D eigenvalue weighted by atomic mass is 9.95. The first-order valence-corrected chi connectivity index (χ1v) is 8.48. The van der Waals surface area contributed by atoms with Gasteiger partial charge in [0, 0.05) is 13.0 Å². The number of esters is 1. The van der Waals surface area contributed by atoms with Crippen LogP contribution in [0.3, 0.4) is 0 Å². The maximum absolute atomic E-state index is 12.5. The Kier molecular flexibility index (Phi) is 5.02. The summed E-state index contributed by atoms with van der Waals surface area (Å²) in [5.41, 5.74) is 7.17. The summed E-state index contributed by atoms with van der Waals surface area (Å²) in [6, 6.07) is 6.97. The van der Waals surface area contributed by atoms with Crippen molar-refractivity contribution < 1.29 is 14.3 Å². The second-order valence-corrected chi connectivity index (χ2v) is 6.25. The number of benzene rings is 1. The molecule has 0 radical (unpaired) electrons. The van der Waals surface area contributed by atoms with Gasteiger partial charge in [-0.1, -0.05) is 19.3 Å². The fraction of sp³-hybridized carbons (Fsp3) is 0.389. The van der Waals surface area contributed by atoms with E-state index in [2.05, 4.69) is 10.4 Å². The van der Waals surface area contributed by atoms with E-state index < -0.39 is 0 Å². The number of hydrogen-bond donors (Lipinski definition) is 2. The van der Waals surface area contributed by atoms with E-state index in [-0.39, 0.29) is 23.7 Å². The van der Waals surface area contributed by atoms with Crippen molar-refractivity contribution in [3.8, 4) is 11.4 Å². The SMILES string of the molecule is CC(=O)Oc1ccc(-n2ncc(C(=O)NC3CCCCC3)c2N)cc1. The zero-order chi connectivity index (χ0) is 17.8. The van der Waals surface area contributed by atoms with Crippen molar-refractivity contribution >= 4 is 17.7 Å². The van der Waals surface area contributed by atoms with Crippen LogP contribution in [0.25, 0.3) is 5.69 Å². The Bertz CT molecular complexity index is 761. The van der Waals surface area contributed by atoms with Crippen LogP contribution in [0.4, 0.5) is 5.82 Å². The number of aromatic nitrogens is 2. The molecular weight excluding hydrogens is 320 g/mol. The van der Waals surface area contributed by atoms with Gasteiger partial charge in [0.05, 0.1) is 11.9 Å². The summed E-state index contributed by atoms with van der Waals surface area (Å²) in [4.78, 5) is 23.4. The third-order valence-corrected chi connectivity index (χ3v) is 4.33. The molecule has 2 aromatic rings. The summed E-state index contributed by atoms with van der Waals surface area (Å²) < 4.78 is 6.49. The number of ether oxygens (including phenoxy) is 1. The van der Waals surface area contributed by atoms with E-state index in [1.807, 2.05) is 0 Å². The van der Waals surface area contributed by atoms with Gasteiger partial charge in [-0.2, -0.15) is 5.10 Å². The smallest absolute Gasteiger partial charge is 0.308 e. The molecule has 132 valence electrons. The molecule has 0 spiro atoms. The van der Waals surface area contributed by atoms with Crippen LogP contribution in [-0.2, 0) is 4.79 Å². The van der Waals surface area contributed by atoms with Gasteiger partial charge in [0.1, 0.15) is 17.1 Å². The van der Waals surface area contributed by atoms with Gasteiger partial charge in [-0.3, -0.25) is 9.59 Å². The number of nitrogens with one attached hydrogen (secondary N) is 1. The van der Waals surface area contributed by atoms with Crippen molar-refractivity contribution in [2.24, 2.45) is 0 Å². The number of nitrogens with zero attached hydrogens (tertiary/aromatic N) is 2. The summed E-state index contributed by atoms with van der Waals surface area (Å²) >= 11 is 0. The molecule has 1 amide bonds. The lowest BCUT2D eigenvalue weighted by Crippen LogP contribution is -2.36. The van der Waals surface area contributed by atoms with Crippen molar-refractivity contribution in [3.63, 3.8) is 0 Å². The molecule has 1 heterocycles. The number of amides is 1. The largest absolute Gasteiger partial charge is 0.427 e. The zero-order valence-electron chi connectivity index (χ0n) is 14.2. The first-order chi connectivity index (χ1) is 12.0. The quantitative estimate of drug-likeness (QED) is 0.657. The number of hydrogen-bond acceptors (Lipinski definition) is 5. The Morgan fingerprint density at radius 3 is 2.52 bits per heavy atom. The summed E-state index contributed by atoms with van der Waals surface area (Å²) in [5, 5.41) is 7.26. The van der Waals surface area contributed by atoms with Crippen LogP contribution < -0.4 is 15.8 Å². The Balaban J connectivity index is 1.73. The lowest BCUT2D eigenvalue weighted by molar-refractivity contribution is -0.131. The molecule has 1 fully saturated rings. The van der Waals surface area contributed by atoms with Gasteiger partial charge in [-0.15, -0.1) is 0 Å². The monoisotopic (exact) mass is 342 g/mol. The van der Waals surface area contributed by atoms with Gasteiger partial charge in [-0.05, 0) is 37.1 Å². The van der Waals surface area contributed by atoms with E-state index in [9.17, 15) is 9.59 Å². The van der Waals surface area contributed by atoms with Crippen LogP contribution in [0.1, 0.15) is 49.4 Å². The highest BCUT2D eigenvalue weighted by Crippen LogP contribution is 2.22. The summed E-state index contributed by atoms with van der Waals surface area (Å²) in [6.07, 6.45) is 7.03. The third-order valence-electron chi connectivity index (χ3n) is 4.33. The Morgan fingerprint density at radius 1 is 1.20 bits per heavy atom. The van der Waals surface area contributed by atoms with Gasteiger partial charge in [0.2, 0.25) is 0 Å². The number of rotatable bonds is 4. The number of nitrogen functional groups attached to an aromatic ring is 1. The second kappa shape index (κ2) is 7.38. The molecule has 0 atom stereocenters. The zero-order valence-corrected chi connectivity index (χ0v) is 14.2. The molecule has 1 saturated carbocycles. The Labute approximate surface area is 146 Å². The molecule has 0 saturated heterocycles. The number of anilines is 1. The summed E-state index contributed by atoms with van der Waals surface area (Å²) in [5.74, 6) is 0.158. The molecule has 3 rings (SSSR count). The van der Waals surface area contributed by atoms with Crippen LogP contribution in [0.15, 0.2) is 30.5 Å². The average molecular weight is 342 g/mol. The van der Waals surface area contributed by atoms with Crippen molar-refractivity contribution in [2.75, 3.05) is 5.73 Å². The topological polar surface area (TPSA) is 99.2 Å². The van der Waals surface area contributed by atoms with Crippen LogP contribution in [0.2, 0.25) is 0 Å². The molecule has 0 bridgehead atoms. The predicted octanol–water partition coefficient (Wildman–Crippen LogP) is 2.44. The molecule has 0 aliphatic heterocycles. The summed E-state index contributed by atoms with van der Waals surface area (Å²) in [6.45, 7) is 1.34. The highest BCUT2D eigenvalue weighted by Gasteiger charge is 2.20. The van der Waals surface area contributed by atoms with Gasteiger partial charge in [-0.25, -0.2) is 4.68 Å². The van der Waals surface area contributed by atoms with E-state index in [0.717, 1.165) is 25.7 Å². The van der Waals surface area contributed by atoms with Crippen molar-refractivity contribution in [1.29, 1.82) is 0 Å². The first kappa shape index (κ1) is 17.0. The molecule has 1 aliphatic carbocycles. The van der Waals surface area contributed by atoms with E-state index >= 15 is 0 Å². The Hall–Kier alpha value is -2.83. The minimum absolute atomic E-state index is 0.188. The molecule has 1 aromatic heterocycles. The first-order valence-electron chi connectivity index (χ1n) is 8.48. The second-order valence-electron chi connectivity index (χ2n) is 6.25. The van der Waals surface area contributed by atoms with Crippen LogP contribution in [0, 0.1) is 0 Å². The fourth-order valence-corrected chi connectivity index (χ4v) is 3.07. The molecule has 25 heavy (non-hydrogen) atoms. The highest BCUT2D eigenvalue weighted by molar-refractivity contribution is 5.98. The normalized spacial score (nSPS) is 14.9. The van der Waals surface area contributed by atoms with Gasteiger partial charge in [0.15, 0.2) is 0 Å². The molecular formula is C18H22N4O3. The van der Waals surface area contributed by atoms with Gasteiger partial charge < -0.3 is 15.8 Å². The highest BCUT2D eigenvalue weighted by atomic mass is 16.5. The minimum Gasteiger partial charge on any atom is -0.427 e.